The quantitative estimate of drug-likeness (QED) is 0.914. The Bertz CT molecular complexity index is 355. The van der Waals surface area contributed by atoms with Crippen molar-refractivity contribution in [2.75, 3.05) is 21.1 Å². The highest BCUT2D eigenvalue weighted by molar-refractivity contribution is 9.10. The van der Waals surface area contributed by atoms with Crippen LogP contribution < -0.4 is 5.32 Å². The van der Waals surface area contributed by atoms with Gasteiger partial charge in [-0.3, -0.25) is 0 Å². The van der Waals surface area contributed by atoms with Crippen molar-refractivity contribution in [2.24, 2.45) is 0 Å². The van der Waals surface area contributed by atoms with Gasteiger partial charge in [0.05, 0.1) is 6.04 Å². The van der Waals surface area contributed by atoms with E-state index in [0.29, 0.717) is 6.04 Å². The fourth-order valence-corrected chi connectivity index (χ4v) is 2.82. The maximum Gasteiger partial charge on any atom is 0.0525 e. The third kappa shape index (κ3) is 2.17. The van der Waals surface area contributed by atoms with E-state index in [1.165, 1.54) is 18.4 Å². The SMILES string of the molecule is CNC1(C(c2ccc(Br)cc2)N(C)C)CC1. The molecule has 1 aliphatic carbocycles. The highest BCUT2D eigenvalue weighted by Crippen LogP contribution is 2.47. The third-order valence-corrected chi connectivity index (χ3v) is 4.04. The topological polar surface area (TPSA) is 15.3 Å². The predicted molar refractivity (Wildman–Crippen MR) is 71.6 cm³/mol. The number of benzene rings is 1. The van der Waals surface area contributed by atoms with Gasteiger partial charge in [0.2, 0.25) is 0 Å². The van der Waals surface area contributed by atoms with E-state index in [-0.39, 0.29) is 5.54 Å². The molecule has 3 heteroatoms. The van der Waals surface area contributed by atoms with Gasteiger partial charge in [-0.25, -0.2) is 0 Å². The molecule has 0 bridgehead atoms. The maximum atomic E-state index is 3.49. The molecular weight excluding hydrogens is 264 g/mol. The van der Waals surface area contributed by atoms with E-state index in [9.17, 15) is 0 Å². The van der Waals surface area contributed by atoms with Crippen LogP contribution in [0.4, 0.5) is 0 Å². The Labute approximate surface area is 106 Å². The highest BCUT2D eigenvalue weighted by Gasteiger charge is 2.49. The molecule has 0 spiro atoms. The summed E-state index contributed by atoms with van der Waals surface area (Å²) >= 11 is 3.49. The van der Waals surface area contributed by atoms with Crippen molar-refractivity contribution in [3.05, 3.63) is 34.3 Å². The average Bonchev–Trinajstić information content (AvgIpc) is 3.02. The zero-order valence-electron chi connectivity index (χ0n) is 10.1. The van der Waals surface area contributed by atoms with E-state index in [2.05, 4.69) is 71.6 Å². The fraction of sp³-hybridized carbons (Fsp3) is 0.538. The maximum absolute atomic E-state index is 3.49. The smallest absolute Gasteiger partial charge is 0.0525 e. The lowest BCUT2D eigenvalue weighted by molar-refractivity contribution is 0.223. The highest BCUT2D eigenvalue weighted by atomic mass is 79.9. The van der Waals surface area contributed by atoms with E-state index in [1.54, 1.807) is 0 Å². The summed E-state index contributed by atoms with van der Waals surface area (Å²) in [4.78, 5) is 2.31. The Morgan fingerprint density at radius 2 is 1.81 bits per heavy atom. The van der Waals surface area contributed by atoms with Crippen LogP contribution in [0.2, 0.25) is 0 Å². The molecule has 1 aliphatic rings. The van der Waals surface area contributed by atoms with Gasteiger partial charge in [-0.05, 0) is 51.7 Å². The molecule has 1 atom stereocenters. The Morgan fingerprint density at radius 1 is 1.25 bits per heavy atom. The van der Waals surface area contributed by atoms with Gasteiger partial charge in [-0.1, -0.05) is 28.1 Å². The van der Waals surface area contributed by atoms with Gasteiger partial charge >= 0.3 is 0 Å². The van der Waals surface area contributed by atoms with Crippen LogP contribution in [-0.4, -0.2) is 31.6 Å². The first kappa shape index (κ1) is 12.1. The van der Waals surface area contributed by atoms with Crippen LogP contribution in [-0.2, 0) is 0 Å². The summed E-state index contributed by atoms with van der Waals surface area (Å²) in [5.74, 6) is 0. The van der Waals surface area contributed by atoms with Crippen LogP contribution in [0, 0.1) is 0 Å². The molecule has 88 valence electrons. The van der Waals surface area contributed by atoms with Crippen molar-refractivity contribution in [3.8, 4) is 0 Å². The molecule has 1 N–H and O–H groups in total. The van der Waals surface area contributed by atoms with Crippen LogP contribution in [0.3, 0.4) is 0 Å². The molecule has 0 saturated heterocycles. The van der Waals surface area contributed by atoms with E-state index in [4.69, 9.17) is 0 Å². The first-order chi connectivity index (χ1) is 7.59. The van der Waals surface area contributed by atoms with Gasteiger partial charge in [0.1, 0.15) is 0 Å². The molecule has 0 aliphatic heterocycles. The molecule has 1 aromatic rings. The number of rotatable bonds is 4. The molecule has 1 unspecified atom stereocenters. The predicted octanol–water partition coefficient (Wildman–Crippen LogP) is 2.80. The van der Waals surface area contributed by atoms with Crippen molar-refractivity contribution in [1.29, 1.82) is 0 Å². The molecule has 1 aromatic carbocycles. The third-order valence-electron chi connectivity index (χ3n) is 3.51. The van der Waals surface area contributed by atoms with Crippen molar-refractivity contribution in [2.45, 2.75) is 24.4 Å². The molecule has 2 rings (SSSR count). The molecule has 0 radical (unpaired) electrons. The van der Waals surface area contributed by atoms with Crippen molar-refractivity contribution >= 4 is 15.9 Å². The number of likely N-dealkylation sites (N-methyl/N-ethyl adjacent to an activating group) is 2. The number of halogens is 1. The fourth-order valence-electron chi connectivity index (χ4n) is 2.55. The summed E-state index contributed by atoms with van der Waals surface area (Å²) in [7, 11) is 6.39. The normalized spacial score (nSPS) is 19.8. The summed E-state index contributed by atoms with van der Waals surface area (Å²) in [5, 5.41) is 3.49. The van der Waals surface area contributed by atoms with Crippen LogP contribution >= 0.6 is 15.9 Å². The minimum Gasteiger partial charge on any atom is -0.313 e. The lowest BCUT2D eigenvalue weighted by atomic mass is 9.96. The van der Waals surface area contributed by atoms with E-state index >= 15 is 0 Å². The second-order valence-electron chi connectivity index (χ2n) is 4.82. The van der Waals surface area contributed by atoms with Gasteiger partial charge in [-0.2, -0.15) is 0 Å². The van der Waals surface area contributed by atoms with Crippen LogP contribution in [0.1, 0.15) is 24.4 Å². The number of nitrogens with one attached hydrogen (secondary N) is 1. The van der Waals surface area contributed by atoms with Crippen LogP contribution in [0.25, 0.3) is 0 Å². The largest absolute Gasteiger partial charge is 0.313 e. The lowest BCUT2D eigenvalue weighted by Crippen LogP contribution is -2.41. The van der Waals surface area contributed by atoms with Crippen LogP contribution in [0.5, 0.6) is 0 Å². The second-order valence-corrected chi connectivity index (χ2v) is 5.74. The lowest BCUT2D eigenvalue weighted by Gasteiger charge is -2.33. The zero-order valence-corrected chi connectivity index (χ0v) is 11.7. The van der Waals surface area contributed by atoms with E-state index in [0.717, 1.165) is 4.47 Å². The summed E-state index contributed by atoms with van der Waals surface area (Å²) < 4.78 is 1.14. The summed E-state index contributed by atoms with van der Waals surface area (Å²) in [5.41, 5.74) is 1.68. The van der Waals surface area contributed by atoms with E-state index in [1.807, 2.05) is 0 Å². The molecule has 1 fully saturated rings. The Morgan fingerprint density at radius 3 is 2.19 bits per heavy atom. The van der Waals surface area contributed by atoms with Crippen molar-refractivity contribution < 1.29 is 0 Å². The monoisotopic (exact) mass is 282 g/mol. The molecule has 2 nitrogen and oxygen atoms in total. The molecule has 16 heavy (non-hydrogen) atoms. The minimum absolute atomic E-state index is 0.289. The van der Waals surface area contributed by atoms with Gasteiger partial charge in [-0.15, -0.1) is 0 Å². The molecule has 0 amide bonds. The molecular formula is C13H19BrN2. The van der Waals surface area contributed by atoms with Crippen molar-refractivity contribution in [1.82, 2.24) is 10.2 Å². The van der Waals surface area contributed by atoms with Crippen LogP contribution in [0.15, 0.2) is 28.7 Å². The summed E-state index contributed by atoms with van der Waals surface area (Å²) in [6, 6.07) is 9.14. The van der Waals surface area contributed by atoms with Gasteiger partial charge < -0.3 is 10.2 Å². The first-order valence-electron chi connectivity index (χ1n) is 5.70. The Hall–Kier alpha value is -0.380. The number of hydrogen-bond acceptors (Lipinski definition) is 2. The second kappa shape index (κ2) is 4.47. The van der Waals surface area contributed by atoms with Gasteiger partial charge in [0.25, 0.3) is 0 Å². The average molecular weight is 283 g/mol. The Balaban J connectivity index is 2.30. The number of nitrogens with zero attached hydrogens (tertiary/aromatic N) is 1. The summed E-state index contributed by atoms with van der Waals surface area (Å²) in [6.07, 6.45) is 2.53. The molecule has 0 aromatic heterocycles. The van der Waals surface area contributed by atoms with Gasteiger partial charge in [0, 0.05) is 10.0 Å². The summed E-state index contributed by atoms with van der Waals surface area (Å²) in [6.45, 7) is 0. The van der Waals surface area contributed by atoms with Crippen molar-refractivity contribution in [3.63, 3.8) is 0 Å². The number of hydrogen-bond donors (Lipinski definition) is 1. The molecule has 1 saturated carbocycles. The Kier molecular flexibility index (Phi) is 3.38. The molecule has 0 heterocycles. The first-order valence-corrected chi connectivity index (χ1v) is 6.49. The van der Waals surface area contributed by atoms with E-state index < -0.39 is 0 Å². The minimum atomic E-state index is 0.289. The van der Waals surface area contributed by atoms with Gasteiger partial charge in [0.15, 0.2) is 0 Å². The standard InChI is InChI=1S/C13H19BrN2/c1-15-13(8-9-13)12(16(2)3)10-4-6-11(14)7-5-10/h4-7,12,15H,8-9H2,1-3H3. The zero-order chi connectivity index (χ0) is 11.8.